The summed E-state index contributed by atoms with van der Waals surface area (Å²) in [7, 11) is 3.96. The standard InChI is InChI=1S/C19H27N5O2/c1-14-8-11-24(12-9-14)13-10-20-18(25)19-21-17(22-26-19)15-4-6-16(7-5-15)23(2)3/h4-7,14H,8-13H2,1-3H3,(H,20,25). The predicted molar refractivity (Wildman–Crippen MR) is 101 cm³/mol. The molecule has 0 bridgehead atoms. The van der Waals surface area contributed by atoms with E-state index in [1.165, 1.54) is 12.8 Å². The molecule has 1 amide bonds. The second kappa shape index (κ2) is 8.31. The molecular formula is C19H27N5O2. The van der Waals surface area contributed by atoms with Crippen LogP contribution in [0.4, 0.5) is 5.69 Å². The average Bonchev–Trinajstić information content (AvgIpc) is 3.13. The first-order valence-corrected chi connectivity index (χ1v) is 9.15. The lowest BCUT2D eigenvalue weighted by molar-refractivity contribution is 0.0901. The van der Waals surface area contributed by atoms with Crippen LogP contribution in [-0.2, 0) is 0 Å². The van der Waals surface area contributed by atoms with Crippen LogP contribution in [0.3, 0.4) is 0 Å². The summed E-state index contributed by atoms with van der Waals surface area (Å²) in [5, 5.41) is 6.78. The second-order valence-electron chi connectivity index (χ2n) is 7.14. The predicted octanol–water partition coefficient (Wildman–Crippen LogP) is 2.26. The molecule has 2 aromatic rings. The van der Waals surface area contributed by atoms with E-state index in [1.807, 2.05) is 43.3 Å². The van der Waals surface area contributed by atoms with E-state index >= 15 is 0 Å². The molecule has 1 aromatic carbocycles. The maximum atomic E-state index is 12.2. The number of carbonyl (C=O) groups is 1. The van der Waals surface area contributed by atoms with Gasteiger partial charge in [-0.3, -0.25) is 4.79 Å². The van der Waals surface area contributed by atoms with Crippen molar-refractivity contribution in [3.63, 3.8) is 0 Å². The first-order valence-electron chi connectivity index (χ1n) is 9.15. The molecule has 0 atom stereocenters. The summed E-state index contributed by atoms with van der Waals surface area (Å²) in [6, 6.07) is 7.79. The molecule has 0 aliphatic carbocycles. The van der Waals surface area contributed by atoms with Gasteiger partial charge in [0.1, 0.15) is 0 Å². The van der Waals surface area contributed by atoms with E-state index < -0.39 is 0 Å². The van der Waals surface area contributed by atoms with Crippen molar-refractivity contribution < 1.29 is 9.32 Å². The van der Waals surface area contributed by atoms with E-state index in [2.05, 4.69) is 27.3 Å². The molecule has 1 fully saturated rings. The number of benzene rings is 1. The Morgan fingerprint density at radius 3 is 2.62 bits per heavy atom. The van der Waals surface area contributed by atoms with Gasteiger partial charge in [0.2, 0.25) is 5.82 Å². The molecule has 140 valence electrons. The summed E-state index contributed by atoms with van der Waals surface area (Å²) < 4.78 is 5.12. The summed E-state index contributed by atoms with van der Waals surface area (Å²) in [4.78, 5) is 20.8. The van der Waals surface area contributed by atoms with Crippen molar-refractivity contribution in [3.8, 4) is 11.4 Å². The van der Waals surface area contributed by atoms with Crippen molar-refractivity contribution in [1.82, 2.24) is 20.4 Å². The van der Waals surface area contributed by atoms with Crippen LogP contribution in [0.2, 0.25) is 0 Å². The highest BCUT2D eigenvalue weighted by Crippen LogP contribution is 2.20. The van der Waals surface area contributed by atoms with Crippen LogP contribution in [0.5, 0.6) is 0 Å². The fourth-order valence-corrected chi connectivity index (χ4v) is 3.03. The fourth-order valence-electron chi connectivity index (χ4n) is 3.03. The number of nitrogens with zero attached hydrogens (tertiary/aromatic N) is 4. The summed E-state index contributed by atoms with van der Waals surface area (Å²) in [6.45, 7) is 5.93. The minimum absolute atomic E-state index is 0.00366. The molecule has 0 unspecified atom stereocenters. The van der Waals surface area contributed by atoms with Crippen molar-refractivity contribution in [2.75, 3.05) is 45.2 Å². The number of likely N-dealkylation sites (tertiary alicyclic amines) is 1. The van der Waals surface area contributed by atoms with E-state index in [4.69, 9.17) is 4.52 Å². The lowest BCUT2D eigenvalue weighted by atomic mass is 9.99. The molecule has 7 nitrogen and oxygen atoms in total. The zero-order chi connectivity index (χ0) is 18.5. The molecule has 1 N–H and O–H groups in total. The Labute approximate surface area is 154 Å². The van der Waals surface area contributed by atoms with Crippen molar-refractivity contribution >= 4 is 11.6 Å². The molecule has 0 radical (unpaired) electrons. The Hall–Kier alpha value is -2.41. The molecular weight excluding hydrogens is 330 g/mol. The van der Waals surface area contributed by atoms with Gasteiger partial charge in [0.15, 0.2) is 0 Å². The van der Waals surface area contributed by atoms with E-state index in [0.29, 0.717) is 12.4 Å². The quantitative estimate of drug-likeness (QED) is 0.855. The van der Waals surface area contributed by atoms with Gasteiger partial charge in [-0.1, -0.05) is 12.1 Å². The van der Waals surface area contributed by atoms with Gasteiger partial charge in [0.25, 0.3) is 0 Å². The van der Waals surface area contributed by atoms with Crippen molar-refractivity contribution in [1.29, 1.82) is 0 Å². The Morgan fingerprint density at radius 2 is 1.96 bits per heavy atom. The summed E-state index contributed by atoms with van der Waals surface area (Å²) in [5.74, 6) is 0.915. The highest BCUT2D eigenvalue weighted by atomic mass is 16.5. The molecule has 0 spiro atoms. The SMILES string of the molecule is CC1CCN(CCNC(=O)c2nc(-c3ccc(N(C)C)cc3)no2)CC1. The van der Waals surface area contributed by atoms with E-state index in [0.717, 1.165) is 36.8 Å². The summed E-state index contributed by atoms with van der Waals surface area (Å²) >= 11 is 0. The number of anilines is 1. The third-order valence-corrected chi connectivity index (χ3v) is 4.85. The molecule has 1 saturated heterocycles. The molecule has 3 rings (SSSR count). The largest absolute Gasteiger partial charge is 0.378 e. The van der Waals surface area contributed by atoms with Gasteiger partial charge in [0.05, 0.1) is 0 Å². The van der Waals surface area contributed by atoms with Crippen LogP contribution >= 0.6 is 0 Å². The van der Waals surface area contributed by atoms with Gasteiger partial charge >= 0.3 is 11.8 Å². The molecule has 7 heteroatoms. The average molecular weight is 357 g/mol. The van der Waals surface area contributed by atoms with Crippen LogP contribution in [0.25, 0.3) is 11.4 Å². The summed E-state index contributed by atoms with van der Waals surface area (Å²) in [6.07, 6.45) is 2.46. The maximum absolute atomic E-state index is 12.2. The second-order valence-corrected chi connectivity index (χ2v) is 7.14. The monoisotopic (exact) mass is 357 g/mol. The smallest absolute Gasteiger partial charge is 0.316 e. The lowest BCUT2D eigenvalue weighted by Crippen LogP contribution is -2.39. The number of carbonyl (C=O) groups excluding carboxylic acids is 1. The topological polar surface area (TPSA) is 74.5 Å². The number of hydrogen-bond acceptors (Lipinski definition) is 6. The van der Waals surface area contributed by atoms with Gasteiger partial charge in [0, 0.05) is 38.4 Å². The zero-order valence-corrected chi connectivity index (χ0v) is 15.7. The number of aromatic nitrogens is 2. The highest BCUT2D eigenvalue weighted by Gasteiger charge is 2.18. The molecule has 1 aliphatic heterocycles. The number of hydrogen-bond donors (Lipinski definition) is 1. The van der Waals surface area contributed by atoms with Crippen LogP contribution < -0.4 is 10.2 Å². The first-order chi connectivity index (χ1) is 12.5. The third kappa shape index (κ3) is 4.60. The highest BCUT2D eigenvalue weighted by molar-refractivity contribution is 5.89. The van der Waals surface area contributed by atoms with Gasteiger partial charge in [-0.25, -0.2) is 0 Å². The zero-order valence-electron chi connectivity index (χ0n) is 15.7. The number of amides is 1. The molecule has 2 heterocycles. The lowest BCUT2D eigenvalue weighted by Gasteiger charge is -2.29. The van der Waals surface area contributed by atoms with Gasteiger partial charge in [-0.2, -0.15) is 4.98 Å². The van der Waals surface area contributed by atoms with Gasteiger partial charge in [-0.05, 0) is 56.1 Å². The van der Waals surface area contributed by atoms with Crippen LogP contribution in [0.15, 0.2) is 28.8 Å². The van der Waals surface area contributed by atoms with Crippen LogP contribution in [-0.4, -0.2) is 61.2 Å². The Kier molecular flexibility index (Phi) is 5.88. The first kappa shape index (κ1) is 18.4. The van der Waals surface area contributed by atoms with E-state index in [1.54, 1.807) is 0 Å². The Morgan fingerprint density at radius 1 is 1.27 bits per heavy atom. The molecule has 1 aromatic heterocycles. The Bertz CT molecular complexity index is 718. The molecule has 0 saturated carbocycles. The minimum atomic E-state index is -0.320. The normalized spacial score (nSPS) is 15.8. The number of rotatable bonds is 6. The summed E-state index contributed by atoms with van der Waals surface area (Å²) in [5.41, 5.74) is 1.91. The molecule has 1 aliphatic rings. The maximum Gasteiger partial charge on any atom is 0.316 e. The number of piperidine rings is 1. The molecule has 26 heavy (non-hydrogen) atoms. The fraction of sp³-hybridized carbons (Fsp3) is 0.526. The number of nitrogens with one attached hydrogen (secondary N) is 1. The van der Waals surface area contributed by atoms with Crippen LogP contribution in [0.1, 0.15) is 30.5 Å². The van der Waals surface area contributed by atoms with E-state index in [9.17, 15) is 4.79 Å². The minimum Gasteiger partial charge on any atom is -0.378 e. The van der Waals surface area contributed by atoms with Crippen LogP contribution in [0, 0.1) is 5.92 Å². The van der Waals surface area contributed by atoms with Gasteiger partial charge in [-0.15, -0.1) is 0 Å². The van der Waals surface area contributed by atoms with Gasteiger partial charge < -0.3 is 19.6 Å². The van der Waals surface area contributed by atoms with Crippen molar-refractivity contribution in [2.45, 2.75) is 19.8 Å². The van der Waals surface area contributed by atoms with Crippen molar-refractivity contribution in [3.05, 3.63) is 30.2 Å². The van der Waals surface area contributed by atoms with Crippen molar-refractivity contribution in [2.24, 2.45) is 5.92 Å². The Balaban J connectivity index is 1.51. The van der Waals surface area contributed by atoms with E-state index in [-0.39, 0.29) is 11.8 Å². The third-order valence-electron chi connectivity index (χ3n) is 4.85.